The molecule has 0 spiro atoms. The molecule has 0 aliphatic carbocycles. The summed E-state index contributed by atoms with van der Waals surface area (Å²) in [6.07, 6.45) is 0. The Hall–Kier alpha value is -0.240. The van der Waals surface area contributed by atoms with Crippen LogP contribution in [0.3, 0.4) is 0 Å². The second kappa shape index (κ2) is 17.3. The van der Waals surface area contributed by atoms with Crippen molar-refractivity contribution < 1.29 is 18.9 Å². The van der Waals surface area contributed by atoms with Gasteiger partial charge in [-0.15, -0.1) is 46.4 Å². The van der Waals surface area contributed by atoms with Crippen molar-refractivity contribution in [1.29, 1.82) is 0 Å². The quantitative estimate of drug-likeness (QED) is 0.230. The number of ether oxygens (including phenoxy) is 4. The Morgan fingerprint density at radius 3 is 1.13 bits per heavy atom. The van der Waals surface area contributed by atoms with Gasteiger partial charge in [-0.2, -0.15) is 0 Å². The van der Waals surface area contributed by atoms with E-state index in [1.807, 2.05) is 36.4 Å². The van der Waals surface area contributed by atoms with Crippen LogP contribution in [0.5, 0.6) is 23.0 Å². The van der Waals surface area contributed by atoms with Gasteiger partial charge in [-0.3, -0.25) is 0 Å². The van der Waals surface area contributed by atoms with Crippen LogP contribution < -0.4 is 18.9 Å². The van der Waals surface area contributed by atoms with Gasteiger partial charge in [0.15, 0.2) is 0 Å². The van der Waals surface area contributed by atoms with E-state index in [9.17, 15) is 0 Å². The predicted molar refractivity (Wildman–Crippen MR) is 133 cm³/mol. The largest absolute Gasteiger partial charge is 0.492 e. The van der Waals surface area contributed by atoms with E-state index in [0.717, 1.165) is 31.9 Å². The maximum atomic E-state index is 5.55. The molecule has 0 radical (unpaired) electrons. The molecule has 0 fully saturated rings. The molecule has 0 saturated carbocycles. The molecule has 168 valence electrons. The van der Waals surface area contributed by atoms with E-state index in [-0.39, 0.29) is 0 Å². The summed E-state index contributed by atoms with van der Waals surface area (Å²) in [5.74, 6) is 4.93. The van der Waals surface area contributed by atoms with E-state index in [4.69, 9.17) is 65.4 Å². The zero-order chi connectivity index (χ0) is 22.2. The third-order valence-electron chi connectivity index (χ3n) is 3.17. The number of hydrogen-bond donors (Lipinski definition) is 0. The molecule has 0 saturated heterocycles. The van der Waals surface area contributed by atoms with Gasteiger partial charge in [0.1, 0.15) is 49.4 Å². The Labute approximate surface area is 214 Å². The van der Waals surface area contributed by atoms with Crippen molar-refractivity contribution in [1.82, 2.24) is 0 Å². The van der Waals surface area contributed by atoms with E-state index in [0.29, 0.717) is 49.9 Å². The minimum absolute atomic E-state index is 0.453. The summed E-state index contributed by atoms with van der Waals surface area (Å²) in [7, 11) is 0. The van der Waals surface area contributed by atoms with Crippen LogP contribution in [0.15, 0.2) is 45.3 Å². The summed E-state index contributed by atoms with van der Waals surface area (Å²) in [6, 6.07) is 11.0. The maximum Gasteiger partial charge on any atom is 0.134 e. The highest BCUT2D eigenvalue weighted by Crippen LogP contribution is 2.36. The molecule has 10 heteroatoms. The first-order valence-corrected chi connectivity index (χ1v) is 12.6. The number of halogens is 6. The van der Waals surface area contributed by atoms with Crippen molar-refractivity contribution in [2.24, 2.45) is 0 Å². The molecule has 0 aliphatic heterocycles. The molecular formula is C20H22Br2Cl4O4. The third-order valence-corrected chi connectivity index (χ3v) is 5.03. The average molecular weight is 628 g/mol. The number of benzene rings is 2. The Bertz CT molecular complexity index is 660. The van der Waals surface area contributed by atoms with Crippen molar-refractivity contribution in [3.63, 3.8) is 0 Å². The topological polar surface area (TPSA) is 36.9 Å². The maximum absolute atomic E-state index is 5.55. The summed E-state index contributed by atoms with van der Waals surface area (Å²) in [4.78, 5) is 0. The molecule has 0 bridgehead atoms. The van der Waals surface area contributed by atoms with Crippen molar-refractivity contribution >= 4 is 78.3 Å². The van der Waals surface area contributed by atoms with Crippen LogP contribution in [-0.2, 0) is 0 Å². The van der Waals surface area contributed by atoms with Crippen molar-refractivity contribution in [3.8, 4) is 23.0 Å². The van der Waals surface area contributed by atoms with Crippen LogP contribution in [0.4, 0.5) is 0 Å². The van der Waals surface area contributed by atoms with Gasteiger partial charge in [0.05, 0.1) is 32.5 Å². The smallest absolute Gasteiger partial charge is 0.134 e. The lowest BCUT2D eigenvalue weighted by Gasteiger charge is -2.11. The van der Waals surface area contributed by atoms with Gasteiger partial charge in [-0.25, -0.2) is 0 Å². The monoisotopic (exact) mass is 624 g/mol. The summed E-state index contributed by atoms with van der Waals surface area (Å²) in [5, 5.41) is 0. The third kappa shape index (κ3) is 11.4. The van der Waals surface area contributed by atoms with Crippen molar-refractivity contribution in [2.75, 3.05) is 49.9 Å². The van der Waals surface area contributed by atoms with Gasteiger partial charge in [0, 0.05) is 0 Å². The highest BCUT2D eigenvalue weighted by molar-refractivity contribution is 9.11. The molecule has 2 aromatic carbocycles. The molecule has 0 N–H and O–H groups in total. The molecule has 2 aromatic rings. The lowest BCUT2D eigenvalue weighted by Crippen LogP contribution is -2.01. The highest BCUT2D eigenvalue weighted by atomic mass is 79.9. The first-order chi connectivity index (χ1) is 14.5. The van der Waals surface area contributed by atoms with Crippen LogP contribution in [0.1, 0.15) is 0 Å². The molecular weight excluding hydrogens is 606 g/mol. The lowest BCUT2D eigenvalue weighted by molar-refractivity contribution is 0.329. The van der Waals surface area contributed by atoms with Crippen molar-refractivity contribution in [2.45, 2.75) is 0 Å². The molecule has 0 unspecified atom stereocenters. The van der Waals surface area contributed by atoms with Gasteiger partial charge < -0.3 is 18.9 Å². The van der Waals surface area contributed by atoms with E-state index in [1.54, 1.807) is 0 Å². The Morgan fingerprint density at radius 1 is 0.533 bits per heavy atom. The Morgan fingerprint density at radius 2 is 0.833 bits per heavy atom. The van der Waals surface area contributed by atoms with Crippen LogP contribution in [0, 0.1) is 0 Å². The van der Waals surface area contributed by atoms with Crippen molar-refractivity contribution in [3.05, 3.63) is 45.3 Å². The predicted octanol–water partition coefficient (Wildman–Crippen LogP) is 7.37. The van der Waals surface area contributed by atoms with E-state index in [1.165, 1.54) is 0 Å². The second-order valence-corrected chi connectivity index (χ2v) is 8.55. The first kappa shape index (κ1) is 27.8. The zero-order valence-electron chi connectivity index (χ0n) is 16.0. The fraction of sp³-hybridized carbons (Fsp3) is 0.400. The summed E-state index contributed by atoms with van der Waals surface area (Å²) in [6.45, 7) is 1.97. The number of hydrogen-bond acceptors (Lipinski definition) is 4. The van der Waals surface area contributed by atoms with Crippen LogP contribution in [0.2, 0.25) is 0 Å². The molecule has 2 rings (SSSR count). The summed E-state index contributed by atoms with van der Waals surface area (Å²) >= 11 is 28.9. The molecule has 0 amide bonds. The lowest BCUT2D eigenvalue weighted by atomic mass is 10.3. The van der Waals surface area contributed by atoms with Gasteiger partial charge in [-0.1, -0.05) is 0 Å². The van der Waals surface area contributed by atoms with E-state index < -0.39 is 0 Å². The fourth-order valence-electron chi connectivity index (χ4n) is 1.97. The van der Waals surface area contributed by atoms with E-state index >= 15 is 0 Å². The van der Waals surface area contributed by atoms with Crippen LogP contribution in [0.25, 0.3) is 0 Å². The normalized spacial score (nSPS) is 10.1. The van der Waals surface area contributed by atoms with Gasteiger partial charge in [0.2, 0.25) is 0 Å². The standard InChI is InChI=1S/C10H10Br2Cl2O2.C10H12Cl2O2/c11-7-6-10(16-4-2-14)8(12)5-9(7)15-3-1-13;11-5-7-13-9-1-2-10(4-3-9)14-8-6-12/h5-6H,1-4H2;1-4H,5-8H2. The van der Waals surface area contributed by atoms with Crippen LogP contribution in [-0.4, -0.2) is 49.9 Å². The molecule has 4 nitrogen and oxygen atoms in total. The minimum atomic E-state index is 0.453. The second-order valence-electron chi connectivity index (χ2n) is 5.33. The first-order valence-electron chi connectivity index (χ1n) is 8.89. The average Bonchev–Trinajstić information content (AvgIpc) is 2.76. The zero-order valence-corrected chi connectivity index (χ0v) is 22.2. The fourth-order valence-corrected chi connectivity index (χ4v) is 3.16. The van der Waals surface area contributed by atoms with Gasteiger partial charge >= 0.3 is 0 Å². The van der Waals surface area contributed by atoms with Crippen LogP contribution >= 0.6 is 78.3 Å². The molecule has 0 atom stereocenters. The minimum Gasteiger partial charge on any atom is -0.492 e. The van der Waals surface area contributed by atoms with Gasteiger partial charge in [0.25, 0.3) is 0 Å². The summed E-state index contributed by atoms with van der Waals surface area (Å²) < 4.78 is 23.1. The summed E-state index contributed by atoms with van der Waals surface area (Å²) in [5.41, 5.74) is 0. The Balaban J connectivity index is 0.000000303. The molecule has 0 aromatic heterocycles. The number of rotatable bonds is 12. The van der Waals surface area contributed by atoms with Gasteiger partial charge in [-0.05, 0) is 68.3 Å². The number of alkyl halides is 4. The SMILES string of the molecule is ClCCOc1cc(Br)c(OCCCl)cc1Br.ClCCOc1ccc(OCCCl)cc1. The molecule has 30 heavy (non-hydrogen) atoms. The molecule has 0 aliphatic rings. The molecule has 0 heterocycles. The Kier molecular flexibility index (Phi) is 16.1. The van der Waals surface area contributed by atoms with E-state index in [2.05, 4.69) is 31.9 Å². The highest BCUT2D eigenvalue weighted by Gasteiger charge is 2.08.